The van der Waals surface area contributed by atoms with Gasteiger partial charge in [-0.3, -0.25) is 0 Å². The van der Waals surface area contributed by atoms with Crippen LogP contribution in [0, 0.1) is 22.7 Å². The molecular weight excluding hydrogens is 446 g/mol. The van der Waals surface area contributed by atoms with Gasteiger partial charge in [-0.2, -0.15) is 0 Å². The topological polar surface area (TPSA) is 53.4 Å². The number of para-hydroxylation sites is 1. The van der Waals surface area contributed by atoms with Crippen LogP contribution in [0.1, 0.15) is 58.9 Å². The standard InChI is InChI=1S/C28H33NO2S2/c1-17-8-7-11-25-27(17,3)13-12-18(2)28(25,4)16-19-14-22(31)24(15-21(19)30)33-26-29-20-9-5-6-10-23(20)32-26/h5-6,8-10,14-15,18,25,30-31H,7,11-13,16H2,1-4H3/t18-,25+,27+,28+/m0/s1. The van der Waals surface area contributed by atoms with Crippen molar-refractivity contribution in [3.05, 3.63) is 53.6 Å². The lowest BCUT2D eigenvalue weighted by molar-refractivity contribution is -0.0412. The van der Waals surface area contributed by atoms with Gasteiger partial charge < -0.3 is 10.2 Å². The van der Waals surface area contributed by atoms with Gasteiger partial charge in [0.05, 0.1) is 15.1 Å². The molecule has 2 aromatic carbocycles. The molecule has 1 fully saturated rings. The van der Waals surface area contributed by atoms with Crippen LogP contribution in [0.2, 0.25) is 0 Å². The van der Waals surface area contributed by atoms with E-state index in [4.69, 9.17) is 0 Å². The minimum Gasteiger partial charge on any atom is -0.508 e. The molecule has 1 heterocycles. The summed E-state index contributed by atoms with van der Waals surface area (Å²) in [4.78, 5) is 5.31. The molecular formula is C28H33NO2S2. The average molecular weight is 480 g/mol. The Morgan fingerprint density at radius 2 is 1.91 bits per heavy atom. The number of phenols is 2. The Kier molecular flexibility index (Phi) is 5.77. The number of hydrogen-bond donors (Lipinski definition) is 2. The highest BCUT2D eigenvalue weighted by Gasteiger charge is 2.53. The van der Waals surface area contributed by atoms with Crippen LogP contribution < -0.4 is 0 Å². The Balaban J connectivity index is 1.44. The van der Waals surface area contributed by atoms with E-state index in [0.29, 0.717) is 16.7 Å². The maximum atomic E-state index is 11.0. The van der Waals surface area contributed by atoms with E-state index >= 15 is 0 Å². The van der Waals surface area contributed by atoms with Crippen molar-refractivity contribution in [2.75, 3.05) is 0 Å². The molecule has 3 aromatic rings. The lowest BCUT2D eigenvalue weighted by Gasteiger charge is -2.58. The number of allylic oxidation sites excluding steroid dienone is 2. The van der Waals surface area contributed by atoms with Gasteiger partial charge in [0.1, 0.15) is 11.5 Å². The molecule has 5 rings (SSSR count). The van der Waals surface area contributed by atoms with Crippen LogP contribution >= 0.6 is 23.1 Å². The smallest absolute Gasteiger partial charge is 0.156 e. The quantitative estimate of drug-likeness (QED) is 0.292. The zero-order valence-corrected chi connectivity index (χ0v) is 21.5. The van der Waals surface area contributed by atoms with Crippen molar-refractivity contribution >= 4 is 33.3 Å². The lowest BCUT2D eigenvalue weighted by atomic mass is 9.47. The first kappa shape index (κ1) is 22.8. The minimum atomic E-state index is 0.0775. The second kappa shape index (κ2) is 8.35. The molecule has 0 saturated heterocycles. The summed E-state index contributed by atoms with van der Waals surface area (Å²) in [5.74, 6) is 1.65. The number of aromatic nitrogens is 1. The van der Waals surface area contributed by atoms with Gasteiger partial charge in [0.15, 0.2) is 4.34 Å². The molecule has 0 amide bonds. The first-order chi connectivity index (χ1) is 15.7. The third-order valence-electron chi connectivity index (χ3n) is 8.80. The summed E-state index contributed by atoms with van der Waals surface area (Å²) < 4.78 is 1.99. The molecule has 0 aliphatic heterocycles. The van der Waals surface area contributed by atoms with Crippen molar-refractivity contribution in [3.8, 4) is 11.5 Å². The number of rotatable bonds is 4. The van der Waals surface area contributed by atoms with Crippen molar-refractivity contribution in [2.24, 2.45) is 22.7 Å². The minimum absolute atomic E-state index is 0.0775. The van der Waals surface area contributed by atoms with Gasteiger partial charge in [0, 0.05) is 0 Å². The van der Waals surface area contributed by atoms with Gasteiger partial charge in [-0.25, -0.2) is 4.98 Å². The fourth-order valence-corrected chi connectivity index (χ4v) is 8.50. The highest BCUT2D eigenvalue weighted by molar-refractivity contribution is 8.01. The maximum absolute atomic E-state index is 11.0. The van der Waals surface area contributed by atoms with Crippen molar-refractivity contribution in [1.82, 2.24) is 4.98 Å². The highest BCUT2D eigenvalue weighted by atomic mass is 32.2. The van der Waals surface area contributed by atoms with Crippen LogP contribution in [-0.4, -0.2) is 15.2 Å². The molecule has 3 nitrogen and oxygen atoms in total. The van der Waals surface area contributed by atoms with Gasteiger partial charge in [0.2, 0.25) is 0 Å². The van der Waals surface area contributed by atoms with Crippen molar-refractivity contribution < 1.29 is 10.2 Å². The molecule has 1 saturated carbocycles. The molecule has 174 valence electrons. The van der Waals surface area contributed by atoms with E-state index in [2.05, 4.69) is 44.8 Å². The lowest BCUT2D eigenvalue weighted by Crippen LogP contribution is -2.50. The number of benzene rings is 2. The van der Waals surface area contributed by atoms with Gasteiger partial charge >= 0.3 is 0 Å². The molecule has 0 radical (unpaired) electrons. The Labute approximate surface area is 205 Å². The molecule has 2 N–H and O–H groups in total. The summed E-state index contributed by atoms with van der Waals surface area (Å²) in [6.45, 7) is 9.54. The fraction of sp³-hybridized carbons (Fsp3) is 0.464. The first-order valence-electron chi connectivity index (χ1n) is 12.0. The summed E-state index contributed by atoms with van der Waals surface area (Å²) in [5, 5.41) is 21.9. The number of fused-ring (bicyclic) bond motifs is 2. The van der Waals surface area contributed by atoms with E-state index < -0.39 is 0 Å². The van der Waals surface area contributed by atoms with Gasteiger partial charge in [-0.05, 0) is 91.5 Å². The summed E-state index contributed by atoms with van der Waals surface area (Å²) >= 11 is 3.02. The SMILES string of the molecule is CC1=CCC[C@H]2[C@](C)(Cc3cc(O)c(Sc4nc5ccccc5s4)cc3O)[C@@H](C)CC[C@]12C. The molecule has 4 atom stereocenters. The summed E-state index contributed by atoms with van der Waals surface area (Å²) in [7, 11) is 0. The second-order valence-electron chi connectivity index (χ2n) is 10.6. The third-order valence-corrected chi connectivity index (χ3v) is 10.9. The van der Waals surface area contributed by atoms with E-state index in [9.17, 15) is 10.2 Å². The van der Waals surface area contributed by atoms with E-state index in [0.717, 1.165) is 33.0 Å². The Bertz CT molecular complexity index is 1200. The highest BCUT2D eigenvalue weighted by Crippen LogP contribution is 2.61. The average Bonchev–Trinajstić information content (AvgIpc) is 3.19. The predicted octanol–water partition coefficient (Wildman–Crippen LogP) is 8.20. The Morgan fingerprint density at radius 3 is 2.70 bits per heavy atom. The molecule has 0 spiro atoms. The summed E-state index contributed by atoms with van der Waals surface area (Å²) in [5.41, 5.74) is 3.66. The molecule has 0 unspecified atom stereocenters. The summed E-state index contributed by atoms with van der Waals surface area (Å²) in [6, 6.07) is 11.6. The van der Waals surface area contributed by atoms with E-state index in [1.165, 1.54) is 36.6 Å². The molecule has 2 aliphatic rings. The largest absolute Gasteiger partial charge is 0.508 e. The fourth-order valence-electron chi connectivity index (χ4n) is 6.43. The van der Waals surface area contributed by atoms with Gasteiger partial charge in [-0.1, -0.05) is 56.3 Å². The number of hydrogen-bond acceptors (Lipinski definition) is 5. The number of aromatic hydroxyl groups is 2. The third kappa shape index (κ3) is 3.87. The van der Waals surface area contributed by atoms with Crippen molar-refractivity contribution in [1.29, 1.82) is 0 Å². The van der Waals surface area contributed by atoms with Crippen LogP contribution in [0.5, 0.6) is 11.5 Å². The number of thiazole rings is 1. The monoisotopic (exact) mass is 479 g/mol. The summed E-state index contributed by atoms with van der Waals surface area (Å²) in [6.07, 6.45) is 8.01. The van der Waals surface area contributed by atoms with Crippen LogP contribution in [0.3, 0.4) is 0 Å². The zero-order chi connectivity index (χ0) is 23.4. The van der Waals surface area contributed by atoms with Crippen LogP contribution in [0.4, 0.5) is 0 Å². The van der Waals surface area contributed by atoms with E-state index in [1.807, 2.05) is 18.2 Å². The molecule has 0 bridgehead atoms. The second-order valence-corrected chi connectivity index (χ2v) is 12.9. The zero-order valence-electron chi connectivity index (χ0n) is 19.9. The van der Waals surface area contributed by atoms with Crippen LogP contribution in [0.15, 0.2) is 57.3 Å². The Morgan fingerprint density at radius 1 is 1.12 bits per heavy atom. The van der Waals surface area contributed by atoms with Crippen LogP contribution in [-0.2, 0) is 6.42 Å². The van der Waals surface area contributed by atoms with Gasteiger partial charge in [0.25, 0.3) is 0 Å². The number of nitrogens with zero attached hydrogens (tertiary/aromatic N) is 1. The van der Waals surface area contributed by atoms with Crippen molar-refractivity contribution in [2.45, 2.75) is 69.0 Å². The first-order valence-corrected chi connectivity index (χ1v) is 13.6. The number of phenolic OH excluding ortho intramolecular Hbond substituents is 2. The molecule has 33 heavy (non-hydrogen) atoms. The van der Waals surface area contributed by atoms with Gasteiger partial charge in [-0.15, -0.1) is 11.3 Å². The Hall–Kier alpha value is -1.98. The normalized spacial score (nSPS) is 29.6. The van der Waals surface area contributed by atoms with E-state index in [-0.39, 0.29) is 22.3 Å². The van der Waals surface area contributed by atoms with Crippen LogP contribution in [0.25, 0.3) is 10.2 Å². The molecule has 1 aromatic heterocycles. The molecule has 2 aliphatic carbocycles. The van der Waals surface area contributed by atoms with E-state index in [1.54, 1.807) is 23.5 Å². The predicted molar refractivity (Wildman–Crippen MR) is 138 cm³/mol. The maximum Gasteiger partial charge on any atom is 0.156 e. The van der Waals surface area contributed by atoms with Crippen molar-refractivity contribution in [3.63, 3.8) is 0 Å². The molecule has 5 heteroatoms.